The van der Waals surface area contributed by atoms with Gasteiger partial charge in [-0.25, -0.2) is 4.79 Å². The van der Waals surface area contributed by atoms with Crippen LogP contribution in [0.15, 0.2) is 47.4 Å². The van der Waals surface area contributed by atoms with E-state index in [2.05, 4.69) is 19.2 Å². The number of anilines is 1. The number of methoxy groups -OCH3 is 1. The van der Waals surface area contributed by atoms with Crippen LogP contribution in [-0.4, -0.2) is 31.3 Å². The van der Waals surface area contributed by atoms with Gasteiger partial charge in [-0.05, 0) is 55.3 Å². The number of benzene rings is 2. The maximum Gasteiger partial charge on any atom is 0.342 e. The molecule has 0 saturated carbocycles. The van der Waals surface area contributed by atoms with E-state index in [1.807, 2.05) is 36.6 Å². The van der Waals surface area contributed by atoms with Crippen molar-refractivity contribution in [3.63, 3.8) is 0 Å². The molecule has 0 bridgehead atoms. The fourth-order valence-corrected chi connectivity index (χ4v) is 3.17. The van der Waals surface area contributed by atoms with E-state index in [1.165, 1.54) is 7.11 Å². The van der Waals surface area contributed by atoms with Crippen LogP contribution in [0.3, 0.4) is 0 Å². The summed E-state index contributed by atoms with van der Waals surface area (Å²) in [5.74, 6) is -0.230. The molecule has 2 atom stereocenters. The van der Waals surface area contributed by atoms with Gasteiger partial charge in [0.25, 0.3) is 5.91 Å². The Labute approximate surface area is 170 Å². The topological polar surface area (TPSA) is 64.6 Å². The van der Waals surface area contributed by atoms with Crippen molar-refractivity contribution in [2.24, 2.45) is 0 Å². The lowest BCUT2D eigenvalue weighted by Gasteiger charge is -2.18. The van der Waals surface area contributed by atoms with Crippen LogP contribution in [0.1, 0.15) is 49.0 Å². The first kappa shape index (κ1) is 21.8. The number of esters is 1. The number of nitrogens with one attached hydrogen (secondary N) is 1. The molecule has 0 aromatic heterocycles. The van der Waals surface area contributed by atoms with Crippen molar-refractivity contribution < 1.29 is 19.1 Å². The number of carbonyl (C=O) groups is 2. The summed E-state index contributed by atoms with van der Waals surface area (Å²) in [4.78, 5) is 26.1. The first-order valence-electron chi connectivity index (χ1n) is 9.24. The first-order chi connectivity index (χ1) is 13.4. The highest BCUT2D eigenvalue weighted by molar-refractivity contribution is 7.98. The zero-order valence-electron chi connectivity index (χ0n) is 16.9. The Hall–Kier alpha value is -2.47. The molecule has 0 aliphatic carbocycles. The molecule has 0 spiro atoms. The Morgan fingerprint density at radius 2 is 1.86 bits per heavy atom. The van der Waals surface area contributed by atoms with Crippen molar-refractivity contribution in [1.29, 1.82) is 0 Å². The Balaban J connectivity index is 2.10. The summed E-state index contributed by atoms with van der Waals surface area (Å²) in [5.41, 5.74) is 2.10. The van der Waals surface area contributed by atoms with E-state index < -0.39 is 12.1 Å². The van der Waals surface area contributed by atoms with Gasteiger partial charge in [-0.1, -0.05) is 32.0 Å². The van der Waals surface area contributed by atoms with Crippen molar-refractivity contribution in [3.05, 3.63) is 53.6 Å². The SMILES string of the molecule is CC[C@H](C)c1ccccc1NC(=O)[C@@H](C)OC(=O)c1ccc(SC)cc1OC. The number of para-hydroxylation sites is 1. The number of ether oxygens (including phenoxy) is 2. The van der Waals surface area contributed by atoms with Gasteiger partial charge in [0.1, 0.15) is 11.3 Å². The van der Waals surface area contributed by atoms with Crippen LogP contribution >= 0.6 is 11.8 Å². The van der Waals surface area contributed by atoms with Crippen molar-refractivity contribution in [2.45, 2.75) is 44.1 Å². The quantitative estimate of drug-likeness (QED) is 0.492. The average Bonchev–Trinajstić information content (AvgIpc) is 2.72. The molecule has 5 nitrogen and oxygen atoms in total. The summed E-state index contributed by atoms with van der Waals surface area (Å²) in [7, 11) is 1.50. The summed E-state index contributed by atoms with van der Waals surface area (Å²) < 4.78 is 10.7. The van der Waals surface area contributed by atoms with E-state index in [-0.39, 0.29) is 5.91 Å². The number of hydrogen-bond acceptors (Lipinski definition) is 5. The van der Waals surface area contributed by atoms with Gasteiger partial charge in [0.15, 0.2) is 6.10 Å². The summed E-state index contributed by atoms with van der Waals surface area (Å²) in [5, 5.41) is 2.88. The molecule has 28 heavy (non-hydrogen) atoms. The Morgan fingerprint density at radius 3 is 2.50 bits per heavy atom. The maximum absolute atomic E-state index is 12.6. The Kier molecular flexibility index (Phi) is 7.93. The van der Waals surface area contributed by atoms with Crippen molar-refractivity contribution in [2.75, 3.05) is 18.7 Å². The summed E-state index contributed by atoms with van der Waals surface area (Å²) in [6.45, 7) is 5.77. The molecule has 0 fully saturated rings. The molecule has 0 aliphatic heterocycles. The van der Waals surface area contributed by atoms with Crippen LogP contribution in [0.25, 0.3) is 0 Å². The van der Waals surface area contributed by atoms with Gasteiger partial charge in [0.05, 0.1) is 7.11 Å². The third-order valence-corrected chi connectivity index (χ3v) is 5.37. The predicted molar refractivity (Wildman–Crippen MR) is 113 cm³/mol. The van der Waals surface area contributed by atoms with E-state index in [9.17, 15) is 9.59 Å². The standard InChI is InChI=1S/C22H27NO4S/c1-6-14(2)17-9-7-8-10-19(17)23-21(24)15(3)27-22(25)18-12-11-16(28-5)13-20(18)26-4/h7-15H,6H2,1-5H3,(H,23,24)/t14-,15+/m0/s1. The predicted octanol–water partition coefficient (Wildman–Crippen LogP) is 5.11. The summed E-state index contributed by atoms with van der Waals surface area (Å²) in [6.07, 6.45) is 1.96. The van der Waals surface area contributed by atoms with Crippen LogP contribution < -0.4 is 10.1 Å². The van der Waals surface area contributed by atoms with Crippen molar-refractivity contribution in [1.82, 2.24) is 0 Å². The van der Waals surface area contributed by atoms with E-state index in [1.54, 1.807) is 30.8 Å². The molecule has 2 rings (SSSR count). The minimum absolute atomic E-state index is 0.292. The normalized spacial score (nSPS) is 12.8. The van der Waals surface area contributed by atoms with E-state index in [4.69, 9.17) is 9.47 Å². The largest absolute Gasteiger partial charge is 0.496 e. The first-order valence-corrected chi connectivity index (χ1v) is 10.5. The molecule has 0 aliphatic rings. The molecule has 0 heterocycles. The van der Waals surface area contributed by atoms with Gasteiger partial charge < -0.3 is 14.8 Å². The van der Waals surface area contributed by atoms with E-state index >= 15 is 0 Å². The van der Waals surface area contributed by atoms with Crippen LogP contribution in [0.2, 0.25) is 0 Å². The second-order valence-electron chi connectivity index (χ2n) is 6.50. The van der Waals surface area contributed by atoms with E-state index in [0.717, 1.165) is 22.6 Å². The van der Waals surface area contributed by atoms with Crippen LogP contribution in [0.4, 0.5) is 5.69 Å². The fraction of sp³-hybridized carbons (Fsp3) is 0.364. The van der Waals surface area contributed by atoms with Gasteiger partial charge in [-0.2, -0.15) is 0 Å². The van der Waals surface area contributed by atoms with Crippen molar-refractivity contribution in [3.8, 4) is 5.75 Å². The van der Waals surface area contributed by atoms with Crippen LogP contribution in [0.5, 0.6) is 5.75 Å². The molecular weight excluding hydrogens is 374 g/mol. The molecule has 1 N–H and O–H groups in total. The van der Waals surface area contributed by atoms with Gasteiger partial charge >= 0.3 is 5.97 Å². The molecule has 150 valence electrons. The monoisotopic (exact) mass is 401 g/mol. The highest BCUT2D eigenvalue weighted by atomic mass is 32.2. The third-order valence-electron chi connectivity index (χ3n) is 4.64. The minimum Gasteiger partial charge on any atom is -0.496 e. The molecule has 0 radical (unpaired) electrons. The van der Waals surface area contributed by atoms with Crippen molar-refractivity contribution >= 4 is 29.3 Å². The number of carbonyl (C=O) groups excluding carboxylic acids is 2. The summed E-state index contributed by atoms with van der Waals surface area (Å²) >= 11 is 1.55. The smallest absolute Gasteiger partial charge is 0.342 e. The van der Waals surface area contributed by atoms with Gasteiger partial charge in [-0.15, -0.1) is 11.8 Å². The lowest BCUT2D eigenvalue weighted by atomic mass is 9.97. The second-order valence-corrected chi connectivity index (χ2v) is 7.38. The number of thioether (sulfide) groups is 1. The maximum atomic E-state index is 12.6. The molecule has 2 aromatic carbocycles. The summed E-state index contributed by atoms with van der Waals surface area (Å²) in [6, 6.07) is 12.9. The molecule has 1 amide bonds. The zero-order chi connectivity index (χ0) is 20.7. The third kappa shape index (κ3) is 5.29. The number of rotatable bonds is 8. The molecule has 0 unspecified atom stereocenters. The second kappa shape index (κ2) is 10.2. The van der Waals surface area contributed by atoms with Crippen LogP contribution in [0, 0.1) is 0 Å². The Morgan fingerprint density at radius 1 is 1.14 bits per heavy atom. The highest BCUT2D eigenvalue weighted by Crippen LogP contribution is 2.28. The molecule has 0 saturated heterocycles. The van der Waals surface area contributed by atoms with E-state index in [0.29, 0.717) is 17.2 Å². The lowest BCUT2D eigenvalue weighted by Crippen LogP contribution is -2.30. The number of amides is 1. The highest BCUT2D eigenvalue weighted by Gasteiger charge is 2.22. The zero-order valence-corrected chi connectivity index (χ0v) is 17.8. The van der Waals surface area contributed by atoms with Gasteiger partial charge in [0.2, 0.25) is 0 Å². The molecular formula is C22H27NO4S. The average molecular weight is 402 g/mol. The lowest BCUT2D eigenvalue weighted by molar-refractivity contribution is -0.123. The molecule has 2 aromatic rings. The molecule has 6 heteroatoms. The fourth-order valence-electron chi connectivity index (χ4n) is 2.74. The number of hydrogen-bond donors (Lipinski definition) is 1. The van der Waals surface area contributed by atoms with Gasteiger partial charge in [-0.3, -0.25) is 4.79 Å². The Bertz CT molecular complexity index is 837. The van der Waals surface area contributed by atoms with Crippen LogP contribution in [-0.2, 0) is 9.53 Å². The minimum atomic E-state index is -0.942. The van der Waals surface area contributed by atoms with Gasteiger partial charge in [0, 0.05) is 10.6 Å².